The number of unbranched alkanes of at least 4 members (excludes halogenated alkanes) is 20. The van der Waals surface area contributed by atoms with Crippen molar-refractivity contribution in [1.82, 2.24) is 0 Å². The fourth-order valence-corrected chi connectivity index (χ4v) is 6.77. The number of ether oxygens (including phenoxy) is 3. The zero-order chi connectivity index (χ0) is 43.5. The number of carboxylic acid groups (broad SMARTS) is 1. The number of quaternary nitrogens is 1. The number of allylic oxidation sites excluding steroid dienone is 10. The van der Waals surface area contributed by atoms with Gasteiger partial charge in [0.15, 0.2) is 12.1 Å². The Kier molecular flexibility index (Phi) is 39.6. The molecule has 0 aromatic carbocycles. The predicted octanol–water partition coefficient (Wildman–Crippen LogP) is 13.4. The highest BCUT2D eigenvalue weighted by Gasteiger charge is 2.31. The molecule has 0 radical (unpaired) electrons. The monoisotopic (exact) mass is 829 g/mol. The summed E-state index contributed by atoms with van der Waals surface area (Å²) < 4.78 is 17.3. The van der Waals surface area contributed by atoms with Gasteiger partial charge in [0.1, 0.15) is 6.61 Å². The van der Waals surface area contributed by atoms with Gasteiger partial charge in [-0.1, -0.05) is 171 Å². The number of aliphatic carboxylic acids is 1. The molecule has 0 aromatic rings. The smallest absolute Gasteiger partial charge is 0.362 e. The molecule has 0 aromatic heterocycles. The van der Waals surface area contributed by atoms with E-state index >= 15 is 0 Å². The number of nitrogens with zero attached hydrogens (tertiary/aromatic N) is 1. The van der Waals surface area contributed by atoms with Gasteiger partial charge in [0.25, 0.3) is 0 Å². The van der Waals surface area contributed by atoms with Gasteiger partial charge >= 0.3 is 17.9 Å². The van der Waals surface area contributed by atoms with Crippen LogP contribution in [0.5, 0.6) is 0 Å². The van der Waals surface area contributed by atoms with Gasteiger partial charge in [-0.15, -0.1) is 0 Å². The zero-order valence-electron chi connectivity index (χ0n) is 38.7. The molecule has 8 nitrogen and oxygen atoms in total. The van der Waals surface area contributed by atoms with Crippen molar-refractivity contribution in [2.45, 2.75) is 206 Å². The van der Waals surface area contributed by atoms with Crippen LogP contribution < -0.4 is 0 Å². The quantitative estimate of drug-likeness (QED) is 0.0215. The minimum absolute atomic E-state index is 0.0480. The van der Waals surface area contributed by atoms with E-state index in [1.807, 2.05) is 27.2 Å². The van der Waals surface area contributed by atoms with Gasteiger partial charge in [-0.2, -0.15) is 0 Å². The molecule has 0 heterocycles. The number of carboxylic acids is 1. The molecule has 340 valence electrons. The van der Waals surface area contributed by atoms with Crippen molar-refractivity contribution in [3.05, 3.63) is 60.8 Å². The van der Waals surface area contributed by atoms with Gasteiger partial charge in [0.05, 0.1) is 34.4 Å². The second-order valence-corrected chi connectivity index (χ2v) is 17.0. The first-order valence-corrected chi connectivity index (χ1v) is 23.9. The lowest BCUT2D eigenvalue weighted by atomic mass is 10.1. The molecule has 0 spiro atoms. The largest absolute Gasteiger partial charge is 0.477 e. The van der Waals surface area contributed by atoms with Crippen LogP contribution in [0.4, 0.5) is 0 Å². The molecule has 2 unspecified atom stereocenters. The molecule has 0 saturated heterocycles. The van der Waals surface area contributed by atoms with Crippen LogP contribution in [-0.2, 0) is 28.6 Å². The maximum Gasteiger partial charge on any atom is 0.362 e. The van der Waals surface area contributed by atoms with Crippen LogP contribution in [0.25, 0.3) is 0 Å². The van der Waals surface area contributed by atoms with E-state index in [2.05, 4.69) is 68.5 Å². The second-order valence-electron chi connectivity index (χ2n) is 17.0. The average Bonchev–Trinajstić information content (AvgIpc) is 3.19. The van der Waals surface area contributed by atoms with Crippen molar-refractivity contribution in [1.29, 1.82) is 0 Å². The van der Waals surface area contributed by atoms with Gasteiger partial charge in [0.2, 0.25) is 0 Å². The van der Waals surface area contributed by atoms with Crippen LogP contribution >= 0.6 is 0 Å². The number of hydrogen-bond donors (Lipinski definition) is 1. The van der Waals surface area contributed by atoms with Crippen molar-refractivity contribution in [2.75, 3.05) is 41.0 Å². The maximum atomic E-state index is 12.7. The molecule has 2 atom stereocenters. The summed E-state index contributed by atoms with van der Waals surface area (Å²) in [5, 5.41) is 9.63. The first kappa shape index (κ1) is 56.0. The third kappa shape index (κ3) is 40.2. The lowest BCUT2D eigenvalue weighted by Crippen LogP contribution is -2.50. The van der Waals surface area contributed by atoms with Crippen molar-refractivity contribution in [2.24, 2.45) is 0 Å². The topological polar surface area (TPSA) is 99.1 Å². The lowest BCUT2D eigenvalue weighted by Gasteiger charge is -2.31. The van der Waals surface area contributed by atoms with E-state index in [0.717, 1.165) is 77.0 Å². The summed E-state index contributed by atoms with van der Waals surface area (Å²) in [5.74, 6) is -1.51. The summed E-state index contributed by atoms with van der Waals surface area (Å²) in [6, 6.07) is -0.622. The molecule has 8 heteroatoms. The molecule has 0 bridgehead atoms. The van der Waals surface area contributed by atoms with Crippen LogP contribution in [0.15, 0.2) is 60.8 Å². The Balaban J connectivity index is 4.27. The number of carbonyl (C=O) groups is 3. The Morgan fingerprint density at radius 3 is 1.53 bits per heavy atom. The molecule has 0 aliphatic rings. The summed E-state index contributed by atoms with van der Waals surface area (Å²) in [6.45, 7) is 4.57. The van der Waals surface area contributed by atoms with Crippen molar-refractivity contribution < 1.29 is 38.2 Å². The summed E-state index contributed by atoms with van der Waals surface area (Å²) in [6.07, 6.45) is 51.3. The molecule has 0 aliphatic heterocycles. The van der Waals surface area contributed by atoms with Gasteiger partial charge in [-0.3, -0.25) is 9.59 Å². The normalized spacial score (nSPS) is 13.4. The van der Waals surface area contributed by atoms with Crippen LogP contribution in [0.1, 0.15) is 194 Å². The average molecular weight is 829 g/mol. The first-order valence-electron chi connectivity index (χ1n) is 23.9. The van der Waals surface area contributed by atoms with E-state index < -0.39 is 18.1 Å². The SMILES string of the molecule is CC/C=C/C=C/C=C/CCCCCCCC(=O)OC(COCCC(C(=O)O)[N+](C)(C)C)COC(=O)CCCCCCCCC/C=C/C/C=C/CCCCCCCCCC. The molecule has 0 amide bonds. The van der Waals surface area contributed by atoms with Crippen LogP contribution in [0.3, 0.4) is 0 Å². The maximum absolute atomic E-state index is 12.7. The van der Waals surface area contributed by atoms with E-state index in [4.69, 9.17) is 14.2 Å². The van der Waals surface area contributed by atoms with Crippen molar-refractivity contribution in [3.63, 3.8) is 0 Å². The Morgan fingerprint density at radius 1 is 0.542 bits per heavy atom. The van der Waals surface area contributed by atoms with E-state index in [0.29, 0.717) is 19.3 Å². The van der Waals surface area contributed by atoms with Gasteiger partial charge < -0.3 is 23.8 Å². The summed E-state index contributed by atoms with van der Waals surface area (Å²) >= 11 is 0. The molecular weight excluding hydrogens is 739 g/mol. The lowest BCUT2D eigenvalue weighted by molar-refractivity contribution is -0.887. The molecular formula is C51H90NO7+. The summed E-state index contributed by atoms with van der Waals surface area (Å²) in [5.41, 5.74) is 0. The zero-order valence-corrected chi connectivity index (χ0v) is 38.7. The number of carbonyl (C=O) groups excluding carboxylic acids is 2. The number of esters is 2. The molecule has 0 aliphatic carbocycles. The Bertz CT molecular complexity index is 1150. The molecule has 0 saturated carbocycles. The van der Waals surface area contributed by atoms with Gasteiger partial charge in [0, 0.05) is 19.3 Å². The fraction of sp³-hybridized carbons (Fsp3) is 0.745. The highest BCUT2D eigenvalue weighted by Crippen LogP contribution is 2.14. The molecule has 0 fully saturated rings. The summed E-state index contributed by atoms with van der Waals surface area (Å²) in [4.78, 5) is 37.0. The van der Waals surface area contributed by atoms with Gasteiger partial charge in [-0.25, -0.2) is 4.79 Å². The highest BCUT2D eigenvalue weighted by atomic mass is 16.6. The second kappa shape index (κ2) is 41.8. The van der Waals surface area contributed by atoms with Crippen LogP contribution in [0, 0.1) is 0 Å². The van der Waals surface area contributed by atoms with Gasteiger partial charge in [-0.05, 0) is 64.2 Å². The number of hydrogen-bond acceptors (Lipinski definition) is 6. The number of rotatable bonds is 42. The molecule has 59 heavy (non-hydrogen) atoms. The highest BCUT2D eigenvalue weighted by molar-refractivity contribution is 5.72. The minimum atomic E-state index is -0.882. The Labute approximate surface area is 362 Å². The molecule has 0 rings (SSSR count). The Hall–Kier alpha value is -2.97. The van der Waals surface area contributed by atoms with Crippen molar-refractivity contribution >= 4 is 17.9 Å². The fourth-order valence-electron chi connectivity index (χ4n) is 6.77. The van der Waals surface area contributed by atoms with E-state index in [1.165, 1.54) is 83.5 Å². The minimum Gasteiger partial charge on any atom is -0.477 e. The standard InChI is InChI=1S/C51H89NO7/c1-6-8-10-12-14-16-18-20-21-22-23-24-25-26-27-28-30-31-33-35-37-39-41-49(53)58-46-47(45-57-44-43-48(51(55)56)52(3,4)5)59-50(54)42-40-38-36-34-32-29-19-17-15-13-11-9-7-2/h9,11,13,15,17,19,22-23,25-26,47-48H,6-8,10,12,14,16,18,20-21,24,27-46H2,1-5H3/p+1/b11-9+,15-13+,19-17+,23-22+,26-25+. The summed E-state index contributed by atoms with van der Waals surface area (Å²) in [7, 11) is 5.51. The number of likely N-dealkylation sites (N-methyl/N-ethyl adjacent to an activating group) is 1. The van der Waals surface area contributed by atoms with E-state index in [1.54, 1.807) is 0 Å². The predicted molar refractivity (Wildman–Crippen MR) is 247 cm³/mol. The van der Waals surface area contributed by atoms with Crippen LogP contribution in [0.2, 0.25) is 0 Å². The molecule has 1 N–H and O–H groups in total. The third-order valence-electron chi connectivity index (χ3n) is 10.5. The first-order chi connectivity index (χ1) is 28.6. The third-order valence-corrected chi connectivity index (χ3v) is 10.5. The van der Waals surface area contributed by atoms with Crippen LogP contribution in [-0.4, -0.2) is 80.6 Å². The van der Waals surface area contributed by atoms with E-state index in [-0.39, 0.29) is 36.2 Å². The van der Waals surface area contributed by atoms with Crippen molar-refractivity contribution in [3.8, 4) is 0 Å². The van der Waals surface area contributed by atoms with E-state index in [9.17, 15) is 19.5 Å². The Morgan fingerprint density at radius 2 is 1.02 bits per heavy atom.